The van der Waals surface area contributed by atoms with E-state index in [1.54, 1.807) is 37.1 Å². The fraction of sp³-hybridized carbons (Fsp3) is 0.200. The fourth-order valence-electron chi connectivity index (χ4n) is 2.58. The average molecular weight is 364 g/mol. The van der Waals surface area contributed by atoms with Gasteiger partial charge in [-0.25, -0.2) is 14.5 Å². The van der Waals surface area contributed by atoms with Gasteiger partial charge >= 0.3 is 5.97 Å². The molecule has 0 saturated heterocycles. The summed E-state index contributed by atoms with van der Waals surface area (Å²) in [4.78, 5) is 30.2. The van der Waals surface area contributed by atoms with Gasteiger partial charge in [0.15, 0.2) is 6.10 Å². The molecule has 3 aromatic rings. The molecule has 7 heteroatoms. The van der Waals surface area contributed by atoms with Gasteiger partial charge in [-0.15, -0.1) is 0 Å². The van der Waals surface area contributed by atoms with Gasteiger partial charge in [-0.1, -0.05) is 30.3 Å². The number of para-hydroxylation sites is 1. The molecule has 0 fully saturated rings. The van der Waals surface area contributed by atoms with Crippen molar-refractivity contribution < 1.29 is 14.3 Å². The molecule has 1 heterocycles. The minimum absolute atomic E-state index is 0.294. The van der Waals surface area contributed by atoms with Gasteiger partial charge in [-0.3, -0.25) is 4.79 Å². The highest BCUT2D eigenvalue weighted by molar-refractivity contribution is 5.98. The summed E-state index contributed by atoms with van der Waals surface area (Å²) in [5, 5.41) is 4.04. The van der Waals surface area contributed by atoms with Crippen molar-refractivity contribution in [1.29, 1.82) is 0 Å². The Morgan fingerprint density at radius 2 is 1.81 bits per heavy atom. The fourth-order valence-corrected chi connectivity index (χ4v) is 2.58. The summed E-state index contributed by atoms with van der Waals surface area (Å²) < 4.78 is 7.02. The van der Waals surface area contributed by atoms with Crippen LogP contribution in [0.1, 0.15) is 22.8 Å². The van der Waals surface area contributed by atoms with Crippen molar-refractivity contribution in [3.8, 4) is 0 Å². The Hall–Kier alpha value is -3.48. The van der Waals surface area contributed by atoms with Gasteiger partial charge in [0, 0.05) is 12.7 Å². The zero-order valence-corrected chi connectivity index (χ0v) is 15.1. The van der Waals surface area contributed by atoms with E-state index in [1.165, 1.54) is 11.2 Å². The first-order valence-corrected chi connectivity index (χ1v) is 8.49. The van der Waals surface area contributed by atoms with E-state index in [1.807, 2.05) is 42.5 Å². The number of ether oxygens (including phenoxy) is 1. The largest absolute Gasteiger partial charge is 0.449 e. The Kier molecular flexibility index (Phi) is 5.61. The first-order valence-electron chi connectivity index (χ1n) is 8.49. The number of nitrogens with zero attached hydrogens (tertiary/aromatic N) is 4. The van der Waals surface area contributed by atoms with Crippen molar-refractivity contribution in [2.45, 2.75) is 19.6 Å². The van der Waals surface area contributed by atoms with E-state index in [0.29, 0.717) is 12.1 Å². The number of aromatic nitrogens is 3. The molecule has 27 heavy (non-hydrogen) atoms. The second-order valence-corrected chi connectivity index (χ2v) is 6.07. The van der Waals surface area contributed by atoms with E-state index in [0.717, 1.165) is 11.3 Å². The normalized spacial score (nSPS) is 11.6. The molecule has 0 unspecified atom stereocenters. The van der Waals surface area contributed by atoms with E-state index in [9.17, 15) is 9.59 Å². The molecule has 1 atom stereocenters. The van der Waals surface area contributed by atoms with Gasteiger partial charge in [0.05, 0.1) is 12.1 Å². The molecule has 0 bridgehead atoms. The number of hydrogen-bond acceptors (Lipinski definition) is 5. The first kappa shape index (κ1) is 18.3. The average Bonchev–Trinajstić information content (AvgIpc) is 3.21. The smallest absolute Gasteiger partial charge is 0.338 e. The number of amides is 1. The highest BCUT2D eigenvalue weighted by atomic mass is 16.5. The number of carbonyl (C=O) groups excluding carboxylic acids is 2. The van der Waals surface area contributed by atoms with E-state index in [-0.39, 0.29) is 5.91 Å². The van der Waals surface area contributed by atoms with Crippen molar-refractivity contribution in [3.05, 3.63) is 78.4 Å². The summed E-state index contributed by atoms with van der Waals surface area (Å²) in [6.45, 7) is 2.13. The third-order valence-electron chi connectivity index (χ3n) is 4.11. The highest BCUT2D eigenvalue weighted by Crippen LogP contribution is 2.14. The Morgan fingerprint density at radius 1 is 1.11 bits per heavy atom. The SMILES string of the molecule is C[C@@H](OC(=O)c1ccc(Cn2cncn2)cc1)C(=O)N(C)c1ccccc1. The molecule has 7 nitrogen and oxygen atoms in total. The molecule has 0 saturated carbocycles. The lowest BCUT2D eigenvalue weighted by molar-refractivity contribution is -0.126. The molecule has 0 radical (unpaired) electrons. The van der Waals surface area contributed by atoms with Gasteiger partial charge in [0.2, 0.25) is 0 Å². The molecular formula is C20H20N4O3. The number of carbonyl (C=O) groups is 2. The van der Waals surface area contributed by atoms with Crippen LogP contribution in [-0.2, 0) is 16.1 Å². The molecule has 1 amide bonds. The maximum atomic E-state index is 12.5. The molecular weight excluding hydrogens is 344 g/mol. The predicted octanol–water partition coefficient (Wildman–Crippen LogP) is 2.53. The van der Waals surface area contributed by atoms with E-state index >= 15 is 0 Å². The van der Waals surface area contributed by atoms with Gasteiger partial charge < -0.3 is 9.64 Å². The highest BCUT2D eigenvalue weighted by Gasteiger charge is 2.23. The predicted molar refractivity (Wildman–Crippen MR) is 100 cm³/mol. The van der Waals surface area contributed by atoms with Crippen molar-refractivity contribution >= 4 is 17.6 Å². The van der Waals surface area contributed by atoms with Gasteiger partial charge in [0.1, 0.15) is 12.7 Å². The zero-order chi connectivity index (χ0) is 19.2. The topological polar surface area (TPSA) is 77.3 Å². The van der Waals surface area contributed by atoms with Crippen LogP contribution >= 0.6 is 0 Å². The van der Waals surface area contributed by atoms with Gasteiger partial charge in [0.25, 0.3) is 5.91 Å². The maximum Gasteiger partial charge on any atom is 0.338 e. The van der Waals surface area contributed by atoms with E-state index in [2.05, 4.69) is 10.1 Å². The summed E-state index contributed by atoms with van der Waals surface area (Å²) >= 11 is 0. The van der Waals surface area contributed by atoms with Crippen molar-refractivity contribution in [2.75, 3.05) is 11.9 Å². The number of benzene rings is 2. The van der Waals surface area contributed by atoms with Crippen LogP contribution in [-0.4, -0.2) is 39.8 Å². The van der Waals surface area contributed by atoms with E-state index in [4.69, 9.17) is 4.74 Å². The lowest BCUT2D eigenvalue weighted by atomic mass is 10.1. The van der Waals surface area contributed by atoms with Crippen LogP contribution in [0.2, 0.25) is 0 Å². The molecule has 0 spiro atoms. The quantitative estimate of drug-likeness (QED) is 0.628. The lowest BCUT2D eigenvalue weighted by Gasteiger charge is -2.21. The Bertz CT molecular complexity index is 893. The van der Waals surface area contributed by atoms with Gasteiger partial charge in [-0.2, -0.15) is 5.10 Å². The minimum atomic E-state index is -0.891. The summed E-state index contributed by atoms with van der Waals surface area (Å²) in [5.41, 5.74) is 2.10. The molecule has 138 valence electrons. The summed E-state index contributed by atoms with van der Waals surface area (Å²) in [5.74, 6) is -0.832. The molecule has 0 aliphatic heterocycles. The van der Waals surface area contributed by atoms with Crippen LogP contribution in [0.4, 0.5) is 5.69 Å². The molecule has 0 N–H and O–H groups in total. The molecule has 0 aliphatic carbocycles. The summed E-state index contributed by atoms with van der Waals surface area (Å²) in [6.07, 6.45) is 2.20. The van der Waals surface area contributed by atoms with Crippen LogP contribution in [0, 0.1) is 0 Å². The summed E-state index contributed by atoms with van der Waals surface area (Å²) in [7, 11) is 1.65. The Balaban J connectivity index is 1.60. The zero-order valence-electron chi connectivity index (χ0n) is 15.1. The van der Waals surface area contributed by atoms with Crippen molar-refractivity contribution in [1.82, 2.24) is 14.8 Å². The second-order valence-electron chi connectivity index (χ2n) is 6.07. The maximum absolute atomic E-state index is 12.5. The van der Waals surface area contributed by atoms with Crippen molar-refractivity contribution in [2.24, 2.45) is 0 Å². The van der Waals surface area contributed by atoms with Crippen LogP contribution in [0.3, 0.4) is 0 Å². The Morgan fingerprint density at radius 3 is 2.44 bits per heavy atom. The molecule has 0 aliphatic rings. The Labute approximate surface area is 157 Å². The number of esters is 1. The van der Waals surface area contributed by atoms with Crippen LogP contribution in [0.15, 0.2) is 67.3 Å². The molecule has 1 aromatic heterocycles. The van der Waals surface area contributed by atoms with Gasteiger partial charge in [-0.05, 0) is 36.8 Å². The third-order valence-corrected chi connectivity index (χ3v) is 4.11. The third kappa shape index (κ3) is 4.58. The first-order chi connectivity index (χ1) is 13.0. The summed E-state index contributed by atoms with van der Waals surface area (Å²) in [6, 6.07) is 16.2. The van der Waals surface area contributed by atoms with Crippen LogP contribution in [0.5, 0.6) is 0 Å². The van der Waals surface area contributed by atoms with E-state index < -0.39 is 12.1 Å². The molecule has 2 aromatic carbocycles. The lowest BCUT2D eigenvalue weighted by Crippen LogP contribution is -2.37. The number of rotatable bonds is 6. The van der Waals surface area contributed by atoms with Crippen LogP contribution in [0.25, 0.3) is 0 Å². The standard InChI is InChI=1S/C20H20N4O3/c1-15(19(25)23(2)18-6-4-3-5-7-18)27-20(26)17-10-8-16(9-11-17)12-24-14-21-13-22-24/h3-11,13-15H,12H2,1-2H3/t15-/m1/s1. The monoisotopic (exact) mass is 364 g/mol. The molecule has 3 rings (SSSR count). The number of likely N-dealkylation sites (N-methyl/N-ethyl adjacent to an activating group) is 1. The van der Waals surface area contributed by atoms with Crippen LogP contribution < -0.4 is 4.90 Å². The second kappa shape index (κ2) is 8.27. The minimum Gasteiger partial charge on any atom is -0.449 e. The number of hydrogen-bond donors (Lipinski definition) is 0. The van der Waals surface area contributed by atoms with Crippen molar-refractivity contribution in [3.63, 3.8) is 0 Å². The number of anilines is 1.